The van der Waals surface area contributed by atoms with Crippen LogP contribution < -0.4 is 0 Å². The molecule has 0 bridgehead atoms. The van der Waals surface area contributed by atoms with Gasteiger partial charge in [-0.05, 0) is 60.5 Å². The lowest BCUT2D eigenvalue weighted by atomic mass is 9.85. The van der Waals surface area contributed by atoms with E-state index in [1.807, 2.05) is 0 Å². The number of aromatic hydroxyl groups is 4. The lowest BCUT2D eigenvalue weighted by Gasteiger charge is -2.44. The first kappa shape index (κ1) is 42.3. The minimum Gasteiger partial charge on any atom is -0.504 e. The molecule has 3 saturated heterocycles. The molecule has 0 radical (unpaired) electrons. The molecule has 320 valence electrons. The van der Waals surface area contributed by atoms with Gasteiger partial charge in [-0.3, -0.25) is 0 Å². The maximum absolute atomic E-state index is 13.4. The average molecular weight is 833 g/mol. The average Bonchev–Trinajstić information content (AvgIpc) is 3.89. The van der Waals surface area contributed by atoms with Gasteiger partial charge in [0.25, 0.3) is 0 Å². The first-order valence-electron chi connectivity index (χ1n) is 18.5. The zero-order chi connectivity index (χ0) is 42.3. The van der Waals surface area contributed by atoms with Crippen molar-refractivity contribution in [2.24, 2.45) is 11.8 Å². The summed E-state index contributed by atoms with van der Waals surface area (Å²) in [7, 11) is 0. The molecular weight excluding hydrogens is 788 g/mol. The van der Waals surface area contributed by atoms with Crippen LogP contribution in [0.25, 0.3) is 12.2 Å². The molecule has 0 amide bonds. The highest BCUT2D eigenvalue weighted by atomic mass is 16.8. The van der Waals surface area contributed by atoms with Gasteiger partial charge in [0.15, 0.2) is 47.8 Å². The topological polar surface area (TPSA) is 314 Å². The van der Waals surface area contributed by atoms with E-state index >= 15 is 0 Å². The predicted molar refractivity (Wildman–Crippen MR) is 193 cm³/mol. The van der Waals surface area contributed by atoms with E-state index in [2.05, 4.69) is 0 Å². The van der Waals surface area contributed by atoms with E-state index in [-0.39, 0.29) is 5.75 Å². The summed E-state index contributed by atoms with van der Waals surface area (Å²) in [6.45, 7) is 0.163. The number of epoxide rings is 1. The molecule has 1 aliphatic carbocycles. The first-order valence-corrected chi connectivity index (χ1v) is 18.5. The van der Waals surface area contributed by atoms with Crippen molar-refractivity contribution in [2.45, 2.75) is 92.4 Å². The van der Waals surface area contributed by atoms with Crippen molar-refractivity contribution in [3.63, 3.8) is 0 Å². The van der Waals surface area contributed by atoms with E-state index in [0.29, 0.717) is 11.1 Å². The van der Waals surface area contributed by atoms with Crippen LogP contribution in [0.5, 0.6) is 23.0 Å². The van der Waals surface area contributed by atoms with Gasteiger partial charge in [-0.15, -0.1) is 0 Å². The number of fused-ring (bicyclic) bond motifs is 3. The highest BCUT2D eigenvalue weighted by Gasteiger charge is 2.77. The Balaban J connectivity index is 1.14. The van der Waals surface area contributed by atoms with Gasteiger partial charge in [0.05, 0.1) is 37.6 Å². The fraction of sp³-hybridized carbons (Fsp3) is 0.487. The zero-order valence-corrected chi connectivity index (χ0v) is 31.1. The van der Waals surface area contributed by atoms with Crippen LogP contribution >= 0.6 is 0 Å². The quantitative estimate of drug-likeness (QED) is 0.0510. The normalized spacial score (nSPS) is 38.7. The van der Waals surface area contributed by atoms with Crippen LogP contribution in [0.3, 0.4) is 0 Å². The Morgan fingerprint density at radius 3 is 1.90 bits per heavy atom. The molecule has 4 fully saturated rings. The van der Waals surface area contributed by atoms with E-state index in [4.69, 9.17) is 37.9 Å². The maximum atomic E-state index is 13.4. The third-order valence-electron chi connectivity index (χ3n) is 11.0. The van der Waals surface area contributed by atoms with Gasteiger partial charge in [-0.1, -0.05) is 12.1 Å². The van der Waals surface area contributed by atoms with Crippen LogP contribution in [0.2, 0.25) is 0 Å². The van der Waals surface area contributed by atoms with Gasteiger partial charge >= 0.3 is 11.9 Å². The summed E-state index contributed by atoms with van der Waals surface area (Å²) in [4.78, 5) is 26.6. The number of hydrogen-bond donors (Lipinski definition) is 10. The van der Waals surface area contributed by atoms with Crippen LogP contribution in [-0.4, -0.2) is 162 Å². The molecule has 0 spiro atoms. The molecule has 7 rings (SSSR count). The lowest BCUT2D eigenvalue weighted by Crippen LogP contribution is -2.61. The summed E-state index contributed by atoms with van der Waals surface area (Å²) in [6, 6.07) is 7.58. The molecule has 0 aromatic heterocycles. The number of carbonyl (C=O) groups is 2. The second-order valence-corrected chi connectivity index (χ2v) is 14.7. The van der Waals surface area contributed by atoms with Crippen LogP contribution in [0.4, 0.5) is 0 Å². The third kappa shape index (κ3) is 8.34. The molecular formula is C39H44O20. The fourth-order valence-corrected chi connectivity index (χ4v) is 7.78. The number of hydrogen-bond acceptors (Lipinski definition) is 20. The second-order valence-electron chi connectivity index (χ2n) is 14.7. The number of aliphatic hydroxyl groups excluding tert-OH is 6. The van der Waals surface area contributed by atoms with Crippen molar-refractivity contribution >= 4 is 24.1 Å². The Labute approximate surface area is 334 Å². The number of phenolic OH excluding ortho intramolecular Hbond substituents is 4. The van der Waals surface area contributed by atoms with Gasteiger partial charge in [-0.2, -0.15) is 0 Å². The van der Waals surface area contributed by atoms with E-state index in [1.165, 1.54) is 61.7 Å². The highest BCUT2D eigenvalue weighted by Crippen LogP contribution is 2.61. The SMILES string of the molecule is CC1OC(OC2C3C=COC(OC4OC(CO)C(O)C(O)C4O)C3C3(CO)OC23)C(OC(=O)C=Cc2ccc(O)c(O)c2)C(OC(=O)C=Cc2ccc(O)c(O)c2)C1O. The Morgan fingerprint density at radius 2 is 1.32 bits per heavy atom. The number of carbonyl (C=O) groups excluding carboxylic acids is 2. The van der Waals surface area contributed by atoms with Gasteiger partial charge in [0.1, 0.15) is 42.2 Å². The van der Waals surface area contributed by atoms with Crippen LogP contribution in [0.15, 0.2) is 60.9 Å². The van der Waals surface area contributed by atoms with Crippen molar-refractivity contribution in [1.29, 1.82) is 0 Å². The third-order valence-corrected chi connectivity index (χ3v) is 11.0. The van der Waals surface area contributed by atoms with Crippen LogP contribution in [0, 0.1) is 11.8 Å². The smallest absolute Gasteiger partial charge is 0.331 e. The van der Waals surface area contributed by atoms with E-state index in [1.54, 1.807) is 6.08 Å². The molecule has 2 aromatic carbocycles. The van der Waals surface area contributed by atoms with Crippen LogP contribution in [0.1, 0.15) is 18.1 Å². The van der Waals surface area contributed by atoms with Crippen LogP contribution in [-0.2, 0) is 47.5 Å². The predicted octanol–water partition coefficient (Wildman–Crippen LogP) is -1.39. The first-order chi connectivity index (χ1) is 28.1. The molecule has 20 nitrogen and oxygen atoms in total. The summed E-state index contributed by atoms with van der Waals surface area (Å²) in [5.74, 6) is -5.31. The zero-order valence-electron chi connectivity index (χ0n) is 31.1. The fourth-order valence-electron chi connectivity index (χ4n) is 7.78. The Morgan fingerprint density at radius 1 is 0.712 bits per heavy atom. The monoisotopic (exact) mass is 832 g/mol. The molecule has 16 unspecified atom stereocenters. The van der Waals surface area contributed by atoms with Gasteiger partial charge in [0.2, 0.25) is 6.29 Å². The number of phenols is 4. The Bertz CT molecular complexity index is 1950. The highest BCUT2D eigenvalue weighted by molar-refractivity contribution is 5.88. The van der Waals surface area contributed by atoms with E-state index in [0.717, 1.165) is 12.2 Å². The van der Waals surface area contributed by atoms with Crippen molar-refractivity contribution in [1.82, 2.24) is 0 Å². The molecule has 4 aliphatic heterocycles. The minimum atomic E-state index is -1.77. The summed E-state index contributed by atoms with van der Waals surface area (Å²) in [5.41, 5.74) is -0.761. The number of ether oxygens (including phenoxy) is 8. The molecule has 20 heteroatoms. The molecule has 16 atom stereocenters. The van der Waals surface area contributed by atoms with Crippen molar-refractivity contribution in [3.8, 4) is 23.0 Å². The summed E-state index contributed by atoms with van der Waals surface area (Å²) in [6.07, 6.45) is -11.5. The molecule has 2 aromatic rings. The largest absolute Gasteiger partial charge is 0.504 e. The number of aliphatic hydroxyl groups is 6. The maximum Gasteiger partial charge on any atom is 0.331 e. The number of benzene rings is 2. The summed E-state index contributed by atoms with van der Waals surface area (Å²) in [5, 5.41) is 102. The number of esters is 2. The molecule has 4 heterocycles. The van der Waals surface area contributed by atoms with Crippen molar-refractivity contribution in [3.05, 3.63) is 72.0 Å². The van der Waals surface area contributed by atoms with Crippen molar-refractivity contribution < 1.29 is 98.5 Å². The number of rotatable bonds is 12. The van der Waals surface area contributed by atoms with E-state index in [9.17, 15) is 60.7 Å². The molecule has 5 aliphatic rings. The summed E-state index contributed by atoms with van der Waals surface area (Å²) < 4.78 is 47.1. The van der Waals surface area contributed by atoms with Gasteiger partial charge in [0, 0.05) is 18.1 Å². The Hall–Kier alpha value is -4.84. The molecule has 10 N–H and O–H groups in total. The minimum absolute atomic E-state index is 0.294. The van der Waals surface area contributed by atoms with Gasteiger partial charge < -0.3 is 89.0 Å². The van der Waals surface area contributed by atoms with Gasteiger partial charge in [-0.25, -0.2) is 9.59 Å². The standard InChI is InChI=1S/C39H44O20/c1-16-28(48)33(55-25(46)8-4-17-2-6-20(42)22(44)12-17)34(56-26(47)9-5-18-3-7-21(43)23(45)13-18)38(53-16)57-32-19-10-11-52-36(27(19)39(15-41)35(32)59-39)58-37-31(51)30(50)29(49)24(14-40)54-37/h2-13,16,19,24,27-38,40-45,48-51H,14-15H2,1H3. The molecule has 1 saturated carbocycles. The van der Waals surface area contributed by atoms with Crippen molar-refractivity contribution in [2.75, 3.05) is 13.2 Å². The molecule has 59 heavy (non-hydrogen) atoms. The van der Waals surface area contributed by atoms with E-state index < -0.39 is 140 Å². The Kier molecular flexibility index (Phi) is 12.2. The lowest BCUT2D eigenvalue weighted by molar-refractivity contribution is -0.347. The summed E-state index contributed by atoms with van der Waals surface area (Å²) >= 11 is 0. The second kappa shape index (κ2) is 17.0.